The van der Waals surface area contributed by atoms with Crippen molar-refractivity contribution in [2.45, 2.75) is 25.2 Å². The van der Waals surface area contributed by atoms with Crippen molar-refractivity contribution in [3.8, 4) is 0 Å². The van der Waals surface area contributed by atoms with Crippen molar-refractivity contribution in [2.24, 2.45) is 4.99 Å². The lowest BCUT2D eigenvalue weighted by Crippen LogP contribution is -2.63. The number of urea groups is 1. The van der Waals surface area contributed by atoms with Gasteiger partial charge in [0.15, 0.2) is 17.4 Å². The molecule has 2 heterocycles. The van der Waals surface area contributed by atoms with E-state index >= 15 is 0 Å². The number of thioether (sulfide) groups is 1. The van der Waals surface area contributed by atoms with Crippen LogP contribution < -0.4 is 5.32 Å². The van der Waals surface area contributed by atoms with Gasteiger partial charge in [0.25, 0.3) is 5.91 Å². The number of benzene rings is 1. The Hall–Kier alpha value is -2.26. The molecule has 26 heavy (non-hydrogen) atoms. The summed E-state index contributed by atoms with van der Waals surface area (Å²) in [7, 11) is 1.57. The fraction of sp³-hybridized carbons (Fsp3) is 0.375. The highest BCUT2D eigenvalue weighted by Crippen LogP contribution is 2.31. The molecule has 2 atom stereocenters. The van der Waals surface area contributed by atoms with Gasteiger partial charge in [-0.3, -0.25) is 14.9 Å². The number of carbonyl (C=O) groups is 3. The van der Waals surface area contributed by atoms with Crippen molar-refractivity contribution in [1.29, 1.82) is 0 Å². The number of nitrogens with one attached hydrogen (secondary N) is 1. The van der Waals surface area contributed by atoms with Crippen LogP contribution in [0.4, 0.5) is 4.79 Å². The first kappa shape index (κ1) is 18.5. The molecule has 2 N–H and O–H groups in total. The average Bonchev–Trinajstić information content (AvgIpc) is 2.94. The Labute approximate surface area is 159 Å². The van der Waals surface area contributed by atoms with E-state index < -0.39 is 30.1 Å². The van der Waals surface area contributed by atoms with Gasteiger partial charge in [0.05, 0.1) is 6.42 Å². The van der Waals surface area contributed by atoms with Gasteiger partial charge in [-0.2, -0.15) is 0 Å². The third-order valence-corrected chi connectivity index (χ3v) is 5.54. The van der Waals surface area contributed by atoms with E-state index in [1.165, 1.54) is 16.7 Å². The molecule has 1 fully saturated rings. The summed E-state index contributed by atoms with van der Waals surface area (Å²) in [5.41, 5.74) is 0.814. The Kier molecular flexibility index (Phi) is 5.38. The zero-order valence-corrected chi connectivity index (χ0v) is 15.5. The second-order valence-electron chi connectivity index (χ2n) is 5.89. The van der Waals surface area contributed by atoms with Gasteiger partial charge < -0.3 is 14.9 Å². The predicted molar refractivity (Wildman–Crippen MR) is 98.0 cm³/mol. The molecule has 10 heteroatoms. The summed E-state index contributed by atoms with van der Waals surface area (Å²) in [4.78, 5) is 42.8. The molecule has 138 valence electrons. The third kappa shape index (κ3) is 3.63. The molecule has 3 rings (SSSR count). The molecule has 8 nitrogen and oxygen atoms in total. The monoisotopic (exact) mass is 396 g/mol. The lowest BCUT2D eigenvalue weighted by atomic mass is 10.1. The highest BCUT2D eigenvalue weighted by molar-refractivity contribution is 8.13. The molecule has 2 aliphatic rings. The smallest absolute Gasteiger partial charge is 0.325 e. The Morgan fingerprint density at radius 2 is 2.12 bits per heavy atom. The van der Waals surface area contributed by atoms with Crippen LogP contribution >= 0.6 is 23.4 Å². The normalized spacial score (nSPS) is 22.2. The molecule has 0 radical (unpaired) electrons. The number of rotatable bonds is 5. The number of carboxylic acids is 1. The van der Waals surface area contributed by atoms with E-state index in [9.17, 15) is 14.4 Å². The van der Waals surface area contributed by atoms with Crippen LogP contribution in [0.2, 0.25) is 5.02 Å². The summed E-state index contributed by atoms with van der Waals surface area (Å²) in [6, 6.07) is 6.09. The number of aliphatic carboxylic acids is 1. The molecular weight excluding hydrogens is 380 g/mol. The number of carboxylic acid groups (broad SMARTS) is 1. The minimum Gasteiger partial charge on any atom is -0.481 e. The first-order valence-corrected chi connectivity index (χ1v) is 9.25. The van der Waals surface area contributed by atoms with Gasteiger partial charge in [-0.25, -0.2) is 9.79 Å². The first-order valence-electron chi connectivity index (χ1n) is 7.88. The number of halogens is 1. The number of hydrogen-bond acceptors (Lipinski definition) is 6. The maximum absolute atomic E-state index is 12.4. The van der Waals surface area contributed by atoms with E-state index in [2.05, 4.69) is 10.3 Å². The van der Waals surface area contributed by atoms with E-state index in [1.807, 2.05) is 18.2 Å². The standard InChI is InChI=1S/C16H17ClN4O4S/c1-20-13-12(14(24)19-15(20)25)21(8-9-4-2-3-5-10(9)17)16(18-13)26-7-6-11(22)23/h2-5,12-13H,6-8H2,1H3,(H,22,23)(H,19,24,25). The van der Waals surface area contributed by atoms with Gasteiger partial charge in [-0.15, -0.1) is 0 Å². The van der Waals surface area contributed by atoms with Crippen molar-refractivity contribution in [3.05, 3.63) is 34.9 Å². The van der Waals surface area contributed by atoms with Crippen LogP contribution in [0.1, 0.15) is 12.0 Å². The summed E-state index contributed by atoms with van der Waals surface area (Å²) < 4.78 is 0. The van der Waals surface area contributed by atoms with Crippen LogP contribution in [0, 0.1) is 0 Å². The molecule has 1 saturated heterocycles. The van der Waals surface area contributed by atoms with E-state index in [0.717, 1.165) is 5.56 Å². The van der Waals surface area contributed by atoms with Crippen molar-refractivity contribution >= 4 is 46.4 Å². The van der Waals surface area contributed by atoms with Crippen LogP contribution in [-0.2, 0) is 16.1 Å². The molecule has 1 aromatic rings. The first-order chi connectivity index (χ1) is 12.4. The minimum absolute atomic E-state index is 0.0279. The molecule has 1 aromatic carbocycles. The van der Waals surface area contributed by atoms with Gasteiger partial charge in [-0.1, -0.05) is 41.6 Å². The van der Waals surface area contributed by atoms with Crippen LogP contribution in [0.3, 0.4) is 0 Å². The Balaban J connectivity index is 1.87. The number of fused-ring (bicyclic) bond motifs is 1. The zero-order valence-electron chi connectivity index (χ0n) is 13.9. The van der Waals surface area contributed by atoms with Crippen LogP contribution in [0.15, 0.2) is 29.3 Å². The van der Waals surface area contributed by atoms with Gasteiger partial charge in [0.2, 0.25) is 0 Å². The summed E-state index contributed by atoms with van der Waals surface area (Å²) in [6.07, 6.45) is -0.675. The molecule has 3 amide bonds. The van der Waals surface area contributed by atoms with Crippen molar-refractivity contribution < 1.29 is 19.5 Å². The second-order valence-corrected chi connectivity index (χ2v) is 7.36. The SMILES string of the molecule is CN1C(=O)NC(=O)C2C1N=C(SCCC(=O)O)N2Cc1ccccc1Cl. The van der Waals surface area contributed by atoms with Gasteiger partial charge in [-0.05, 0) is 11.6 Å². The lowest BCUT2D eigenvalue weighted by molar-refractivity contribution is -0.136. The number of amidine groups is 1. The molecule has 0 saturated carbocycles. The van der Waals surface area contributed by atoms with Gasteiger partial charge >= 0.3 is 12.0 Å². The van der Waals surface area contributed by atoms with Crippen molar-refractivity contribution in [1.82, 2.24) is 15.1 Å². The highest BCUT2D eigenvalue weighted by Gasteiger charge is 2.48. The number of likely N-dealkylation sites (N-methyl/N-ethyl adjacent to an activating group) is 1. The molecule has 0 bridgehead atoms. The average molecular weight is 397 g/mol. The molecule has 2 unspecified atom stereocenters. The van der Waals surface area contributed by atoms with Crippen molar-refractivity contribution in [2.75, 3.05) is 12.8 Å². The van der Waals surface area contributed by atoms with E-state index in [0.29, 0.717) is 22.5 Å². The minimum atomic E-state index is -0.906. The molecule has 0 aliphatic carbocycles. The maximum Gasteiger partial charge on any atom is 0.325 e. The Bertz CT molecular complexity index is 787. The largest absolute Gasteiger partial charge is 0.481 e. The topological polar surface area (TPSA) is 102 Å². The number of aliphatic imine (C=N–C) groups is 1. The summed E-state index contributed by atoms with van der Waals surface area (Å²) in [5.74, 6) is -1.02. The van der Waals surface area contributed by atoms with Crippen LogP contribution in [0.5, 0.6) is 0 Å². The van der Waals surface area contributed by atoms with Crippen molar-refractivity contribution in [3.63, 3.8) is 0 Å². The van der Waals surface area contributed by atoms with E-state index in [-0.39, 0.29) is 6.42 Å². The number of imide groups is 1. The number of nitrogens with zero attached hydrogens (tertiary/aromatic N) is 3. The fourth-order valence-electron chi connectivity index (χ4n) is 2.83. The lowest BCUT2D eigenvalue weighted by Gasteiger charge is -2.36. The summed E-state index contributed by atoms with van der Waals surface area (Å²) in [6.45, 7) is 0.329. The molecule has 0 spiro atoms. The summed E-state index contributed by atoms with van der Waals surface area (Å²) >= 11 is 7.49. The van der Waals surface area contributed by atoms with E-state index in [1.54, 1.807) is 18.0 Å². The molecular formula is C16H17ClN4O4S. The number of carbonyl (C=O) groups excluding carboxylic acids is 2. The quantitative estimate of drug-likeness (QED) is 0.783. The number of hydrogen-bond donors (Lipinski definition) is 2. The van der Waals surface area contributed by atoms with Gasteiger partial charge in [0.1, 0.15) is 0 Å². The van der Waals surface area contributed by atoms with Crippen LogP contribution in [-0.4, -0.2) is 63.0 Å². The van der Waals surface area contributed by atoms with E-state index in [4.69, 9.17) is 16.7 Å². The predicted octanol–water partition coefficient (Wildman–Crippen LogP) is 1.60. The highest BCUT2D eigenvalue weighted by atomic mass is 35.5. The maximum atomic E-state index is 12.4. The molecule has 2 aliphatic heterocycles. The summed E-state index contributed by atoms with van der Waals surface area (Å²) in [5, 5.41) is 12.3. The fourth-order valence-corrected chi connectivity index (χ4v) is 4.01. The van der Waals surface area contributed by atoms with Gasteiger partial charge in [0, 0.05) is 24.4 Å². The Morgan fingerprint density at radius 3 is 2.81 bits per heavy atom. The third-order valence-electron chi connectivity index (χ3n) is 4.17. The number of amides is 3. The van der Waals surface area contributed by atoms with Crippen LogP contribution in [0.25, 0.3) is 0 Å². The second kappa shape index (κ2) is 7.55. The Morgan fingerprint density at radius 1 is 1.38 bits per heavy atom. The molecule has 0 aromatic heterocycles. The zero-order chi connectivity index (χ0) is 18.8.